The molecule has 1 heterocycles. The van der Waals surface area contributed by atoms with Crippen molar-refractivity contribution in [2.75, 3.05) is 20.6 Å². The van der Waals surface area contributed by atoms with Crippen molar-refractivity contribution in [3.05, 3.63) is 24.0 Å². The van der Waals surface area contributed by atoms with Gasteiger partial charge in [0, 0.05) is 40.1 Å². The molecular formula is C9H17N3O2S. The molecule has 0 aromatic carbocycles. The number of nitrogens with zero attached hydrogens (tertiary/aromatic N) is 2. The van der Waals surface area contributed by atoms with Gasteiger partial charge in [-0.15, -0.1) is 0 Å². The third-order valence-electron chi connectivity index (χ3n) is 2.07. The Morgan fingerprint density at radius 1 is 1.47 bits per heavy atom. The van der Waals surface area contributed by atoms with E-state index < -0.39 is 10.2 Å². The first kappa shape index (κ1) is 12.2. The summed E-state index contributed by atoms with van der Waals surface area (Å²) in [6.45, 7) is 0.421. The maximum atomic E-state index is 11.3. The van der Waals surface area contributed by atoms with E-state index in [2.05, 4.69) is 4.72 Å². The highest BCUT2D eigenvalue weighted by molar-refractivity contribution is 7.87. The maximum absolute atomic E-state index is 11.3. The molecule has 1 aromatic rings. The van der Waals surface area contributed by atoms with Crippen LogP contribution in [0, 0.1) is 0 Å². The first-order valence-electron chi connectivity index (χ1n) is 4.70. The van der Waals surface area contributed by atoms with Gasteiger partial charge in [-0.3, -0.25) is 0 Å². The lowest BCUT2D eigenvalue weighted by molar-refractivity contribution is 0.506. The number of aryl methyl sites for hydroxylation is 1. The largest absolute Gasteiger partial charge is 0.357 e. The number of hydrogen-bond donors (Lipinski definition) is 1. The molecular weight excluding hydrogens is 214 g/mol. The van der Waals surface area contributed by atoms with E-state index in [1.54, 1.807) is 0 Å². The van der Waals surface area contributed by atoms with Crippen molar-refractivity contribution in [1.82, 2.24) is 13.6 Å². The van der Waals surface area contributed by atoms with E-state index in [9.17, 15) is 8.42 Å². The van der Waals surface area contributed by atoms with Crippen LogP contribution in [-0.4, -0.2) is 37.9 Å². The molecule has 1 aromatic heterocycles. The minimum atomic E-state index is -3.29. The van der Waals surface area contributed by atoms with Crippen LogP contribution >= 0.6 is 0 Å². The summed E-state index contributed by atoms with van der Waals surface area (Å²) in [5.74, 6) is 0. The van der Waals surface area contributed by atoms with Crippen molar-refractivity contribution in [2.24, 2.45) is 7.05 Å². The highest BCUT2D eigenvalue weighted by Crippen LogP contribution is 2.00. The quantitative estimate of drug-likeness (QED) is 0.773. The van der Waals surface area contributed by atoms with Crippen LogP contribution < -0.4 is 4.72 Å². The fourth-order valence-corrected chi connectivity index (χ4v) is 1.78. The van der Waals surface area contributed by atoms with Crippen LogP contribution in [0.2, 0.25) is 0 Å². The van der Waals surface area contributed by atoms with E-state index in [-0.39, 0.29) is 0 Å². The molecule has 0 saturated heterocycles. The Hall–Kier alpha value is -0.850. The van der Waals surface area contributed by atoms with Crippen LogP contribution in [0.3, 0.4) is 0 Å². The van der Waals surface area contributed by atoms with Crippen molar-refractivity contribution in [1.29, 1.82) is 0 Å². The summed E-state index contributed by atoms with van der Waals surface area (Å²) in [5.41, 5.74) is 1.12. The molecule has 0 spiro atoms. The molecule has 0 atom stereocenters. The number of aromatic nitrogens is 1. The van der Waals surface area contributed by atoms with Crippen LogP contribution in [-0.2, 0) is 23.7 Å². The average Bonchev–Trinajstić information content (AvgIpc) is 2.51. The molecule has 86 valence electrons. The molecule has 15 heavy (non-hydrogen) atoms. The molecule has 5 nitrogen and oxygen atoms in total. The fraction of sp³-hybridized carbons (Fsp3) is 0.556. The zero-order valence-corrected chi connectivity index (χ0v) is 10.1. The molecule has 0 aliphatic heterocycles. The molecule has 0 aliphatic carbocycles. The van der Waals surface area contributed by atoms with Gasteiger partial charge >= 0.3 is 0 Å². The van der Waals surface area contributed by atoms with Gasteiger partial charge < -0.3 is 4.57 Å². The fourth-order valence-electron chi connectivity index (χ4n) is 1.16. The third-order valence-corrected chi connectivity index (χ3v) is 3.60. The second-order valence-corrected chi connectivity index (χ2v) is 5.59. The molecule has 0 amide bonds. The lowest BCUT2D eigenvalue weighted by atomic mass is 10.2. The molecule has 0 aliphatic rings. The summed E-state index contributed by atoms with van der Waals surface area (Å²) in [7, 11) is 1.66. The predicted octanol–water partition coefficient (Wildman–Crippen LogP) is -0.0364. The average molecular weight is 231 g/mol. The molecule has 0 fully saturated rings. The van der Waals surface area contributed by atoms with Gasteiger partial charge in [-0.05, 0) is 18.1 Å². The Morgan fingerprint density at radius 2 is 2.13 bits per heavy atom. The van der Waals surface area contributed by atoms with Crippen molar-refractivity contribution in [2.45, 2.75) is 6.42 Å². The second-order valence-electron chi connectivity index (χ2n) is 3.62. The summed E-state index contributed by atoms with van der Waals surface area (Å²) in [6.07, 6.45) is 4.62. The molecule has 6 heteroatoms. The molecule has 0 saturated carbocycles. The standard InChI is InChI=1S/C9H17N3O2S/c1-11(2)15(13,14)10-6-4-9-5-7-12(3)8-9/h5,7-8,10H,4,6H2,1-3H3. The summed E-state index contributed by atoms with van der Waals surface area (Å²) in [5, 5.41) is 0. The van der Waals surface area contributed by atoms with E-state index >= 15 is 0 Å². The summed E-state index contributed by atoms with van der Waals surface area (Å²) in [4.78, 5) is 0. The van der Waals surface area contributed by atoms with E-state index in [1.807, 2.05) is 30.1 Å². The third kappa shape index (κ3) is 3.65. The van der Waals surface area contributed by atoms with Gasteiger partial charge in [0.25, 0.3) is 10.2 Å². The minimum absolute atomic E-state index is 0.421. The molecule has 0 unspecified atom stereocenters. The van der Waals surface area contributed by atoms with Crippen LogP contribution in [0.1, 0.15) is 5.56 Å². The van der Waals surface area contributed by atoms with Crippen molar-refractivity contribution < 1.29 is 8.42 Å². The van der Waals surface area contributed by atoms with Crippen molar-refractivity contribution in [3.63, 3.8) is 0 Å². The first-order valence-corrected chi connectivity index (χ1v) is 6.14. The lowest BCUT2D eigenvalue weighted by Gasteiger charge is -2.11. The Morgan fingerprint density at radius 3 is 2.60 bits per heavy atom. The van der Waals surface area contributed by atoms with E-state index in [0.29, 0.717) is 13.0 Å². The number of rotatable bonds is 5. The Labute approximate surface area is 90.9 Å². The van der Waals surface area contributed by atoms with Gasteiger partial charge in [0.05, 0.1) is 0 Å². The Bertz CT molecular complexity index is 409. The molecule has 1 rings (SSSR count). The van der Waals surface area contributed by atoms with E-state index in [0.717, 1.165) is 9.87 Å². The zero-order valence-electron chi connectivity index (χ0n) is 9.27. The normalized spacial score (nSPS) is 12.3. The van der Waals surface area contributed by atoms with Gasteiger partial charge in [-0.1, -0.05) is 0 Å². The zero-order chi connectivity index (χ0) is 11.5. The second kappa shape index (κ2) is 4.78. The highest BCUT2D eigenvalue weighted by Gasteiger charge is 2.11. The number of nitrogens with one attached hydrogen (secondary N) is 1. The van der Waals surface area contributed by atoms with Crippen LogP contribution in [0.25, 0.3) is 0 Å². The maximum Gasteiger partial charge on any atom is 0.278 e. The summed E-state index contributed by atoms with van der Waals surface area (Å²) in [6, 6.07) is 1.98. The lowest BCUT2D eigenvalue weighted by Crippen LogP contribution is -2.36. The van der Waals surface area contributed by atoms with Gasteiger partial charge in [-0.2, -0.15) is 12.7 Å². The van der Waals surface area contributed by atoms with Crippen LogP contribution in [0.5, 0.6) is 0 Å². The van der Waals surface area contributed by atoms with Crippen molar-refractivity contribution in [3.8, 4) is 0 Å². The van der Waals surface area contributed by atoms with Crippen LogP contribution in [0.15, 0.2) is 18.5 Å². The van der Waals surface area contributed by atoms with Gasteiger partial charge in [-0.25, -0.2) is 4.72 Å². The SMILES string of the molecule is CN(C)S(=O)(=O)NCCc1ccn(C)c1. The monoisotopic (exact) mass is 231 g/mol. The summed E-state index contributed by atoms with van der Waals surface area (Å²) < 4.78 is 28.3. The van der Waals surface area contributed by atoms with Gasteiger partial charge in [0.1, 0.15) is 0 Å². The Kier molecular flexibility index (Phi) is 3.90. The molecule has 0 radical (unpaired) electrons. The van der Waals surface area contributed by atoms with Crippen LogP contribution in [0.4, 0.5) is 0 Å². The highest BCUT2D eigenvalue weighted by atomic mass is 32.2. The predicted molar refractivity (Wildman–Crippen MR) is 59.7 cm³/mol. The van der Waals surface area contributed by atoms with Gasteiger partial charge in [0.15, 0.2) is 0 Å². The topological polar surface area (TPSA) is 54.3 Å². The van der Waals surface area contributed by atoms with E-state index in [4.69, 9.17) is 0 Å². The molecule has 0 bridgehead atoms. The van der Waals surface area contributed by atoms with E-state index in [1.165, 1.54) is 14.1 Å². The molecule has 1 N–H and O–H groups in total. The van der Waals surface area contributed by atoms with Crippen molar-refractivity contribution >= 4 is 10.2 Å². The Balaban J connectivity index is 2.40. The smallest absolute Gasteiger partial charge is 0.278 e. The number of hydrogen-bond acceptors (Lipinski definition) is 2. The minimum Gasteiger partial charge on any atom is -0.357 e. The first-order chi connectivity index (χ1) is 6.92. The van der Waals surface area contributed by atoms with Gasteiger partial charge in [0.2, 0.25) is 0 Å². The summed E-state index contributed by atoms with van der Waals surface area (Å²) >= 11 is 0.